The molecule has 4 rings (SSSR count). The highest BCUT2D eigenvalue weighted by Gasteiger charge is 2.20. The van der Waals surface area contributed by atoms with Gasteiger partial charge in [-0.15, -0.1) is 0 Å². The summed E-state index contributed by atoms with van der Waals surface area (Å²) in [5.41, 5.74) is 2.35. The minimum atomic E-state index is 0.749. The fourth-order valence-electron chi connectivity index (χ4n) is 3.10. The van der Waals surface area contributed by atoms with Crippen molar-refractivity contribution in [3.63, 3.8) is 0 Å². The van der Waals surface area contributed by atoms with Gasteiger partial charge in [-0.2, -0.15) is 4.98 Å². The topological polar surface area (TPSA) is 70.1 Å². The molecule has 1 N–H and O–H groups in total. The van der Waals surface area contributed by atoms with E-state index in [-0.39, 0.29) is 0 Å². The molecule has 0 unspecified atom stereocenters. The van der Waals surface area contributed by atoms with Crippen LogP contribution < -0.4 is 15.1 Å². The third kappa shape index (κ3) is 4.13. The first-order valence-corrected chi connectivity index (χ1v) is 9.28. The molecule has 1 fully saturated rings. The Labute approximate surface area is 159 Å². The summed E-state index contributed by atoms with van der Waals surface area (Å²) in [5.74, 6) is 2.33. The van der Waals surface area contributed by atoms with Crippen LogP contribution >= 0.6 is 0 Å². The largest absolute Gasteiger partial charge is 0.340 e. The van der Waals surface area contributed by atoms with Crippen molar-refractivity contribution in [3.05, 3.63) is 60.6 Å². The number of hydrogen-bond acceptors (Lipinski definition) is 7. The molecule has 3 heterocycles. The van der Waals surface area contributed by atoms with Gasteiger partial charge in [0.25, 0.3) is 0 Å². The molecule has 0 bridgehead atoms. The summed E-state index contributed by atoms with van der Waals surface area (Å²) in [6, 6.07) is 12.2. The van der Waals surface area contributed by atoms with Crippen LogP contribution in [0.1, 0.15) is 12.5 Å². The fourth-order valence-corrected chi connectivity index (χ4v) is 3.10. The van der Waals surface area contributed by atoms with Gasteiger partial charge in [-0.1, -0.05) is 19.1 Å². The summed E-state index contributed by atoms with van der Waals surface area (Å²) in [7, 11) is 0. The number of aryl methyl sites for hydroxylation is 1. The first-order chi connectivity index (χ1) is 13.3. The maximum atomic E-state index is 4.69. The van der Waals surface area contributed by atoms with Crippen molar-refractivity contribution in [3.8, 4) is 0 Å². The van der Waals surface area contributed by atoms with Gasteiger partial charge < -0.3 is 15.1 Å². The van der Waals surface area contributed by atoms with Crippen LogP contribution in [0.5, 0.6) is 0 Å². The Morgan fingerprint density at radius 3 is 2.11 bits per heavy atom. The Kier molecular flexibility index (Phi) is 5.09. The standard InChI is InChI=1S/C20H23N7/c1-2-16-4-6-17(7-5-16)24-18-8-11-23-20(25-18)27-14-12-26(13-15-27)19-21-9-3-10-22-19/h3-11H,2,12-15H2,1H3,(H,23,24,25). The number of rotatable bonds is 5. The molecular weight excluding hydrogens is 338 g/mol. The van der Waals surface area contributed by atoms with E-state index in [2.05, 4.69) is 66.2 Å². The lowest BCUT2D eigenvalue weighted by atomic mass is 10.1. The molecule has 0 radical (unpaired) electrons. The number of aromatic nitrogens is 4. The maximum Gasteiger partial charge on any atom is 0.227 e. The Balaban J connectivity index is 1.40. The highest BCUT2D eigenvalue weighted by atomic mass is 15.4. The predicted octanol–water partition coefficient (Wildman–Crippen LogP) is 2.90. The van der Waals surface area contributed by atoms with E-state index in [0.29, 0.717) is 0 Å². The van der Waals surface area contributed by atoms with E-state index in [0.717, 1.165) is 56.0 Å². The number of benzene rings is 1. The lowest BCUT2D eigenvalue weighted by molar-refractivity contribution is 0.628. The molecule has 1 aliphatic heterocycles. The van der Waals surface area contributed by atoms with Crippen molar-refractivity contribution >= 4 is 23.4 Å². The van der Waals surface area contributed by atoms with Gasteiger partial charge in [0.1, 0.15) is 5.82 Å². The molecule has 1 aromatic carbocycles. The molecule has 0 aliphatic carbocycles. The zero-order chi connectivity index (χ0) is 18.5. The number of piperazine rings is 1. The lowest BCUT2D eigenvalue weighted by Gasteiger charge is -2.34. The van der Waals surface area contributed by atoms with Crippen LogP contribution in [0.2, 0.25) is 0 Å². The Morgan fingerprint density at radius 1 is 0.815 bits per heavy atom. The van der Waals surface area contributed by atoms with Crippen molar-refractivity contribution in [1.29, 1.82) is 0 Å². The van der Waals surface area contributed by atoms with Crippen LogP contribution in [0.4, 0.5) is 23.4 Å². The van der Waals surface area contributed by atoms with E-state index < -0.39 is 0 Å². The average Bonchev–Trinajstić information content (AvgIpc) is 2.75. The molecule has 27 heavy (non-hydrogen) atoms. The van der Waals surface area contributed by atoms with Crippen LogP contribution in [0.15, 0.2) is 55.0 Å². The molecule has 138 valence electrons. The molecule has 3 aromatic rings. The minimum Gasteiger partial charge on any atom is -0.340 e. The van der Waals surface area contributed by atoms with Crippen LogP contribution in [0.3, 0.4) is 0 Å². The quantitative estimate of drug-likeness (QED) is 0.749. The second-order valence-electron chi connectivity index (χ2n) is 6.44. The van der Waals surface area contributed by atoms with Crippen LogP contribution in [0.25, 0.3) is 0 Å². The van der Waals surface area contributed by atoms with E-state index in [9.17, 15) is 0 Å². The molecule has 1 saturated heterocycles. The number of nitrogens with one attached hydrogen (secondary N) is 1. The first kappa shape index (κ1) is 17.2. The molecule has 1 aliphatic rings. The van der Waals surface area contributed by atoms with E-state index in [1.807, 2.05) is 12.1 Å². The van der Waals surface area contributed by atoms with Crippen molar-refractivity contribution < 1.29 is 0 Å². The zero-order valence-corrected chi connectivity index (χ0v) is 15.4. The molecular formula is C20H23N7. The highest BCUT2D eigenvalue weighted by molar-refractivity contribution is 5.57. The maximum absolute atomic E-state index is 4.69. The van der Waals surface area contributed by atoms with Crippen LogP contribution in [0, 0.1) is 0 Å². The molecule has 0 saturated carbocycles. The molecule has 2 aromatic heterocycles. The van der Waals surface area contributed by atoms with Gasteiger partial charge in [-0.3, -0.25) is 0 Å². The Morgan fingerprint density at radius 2 is 1.44 bits per heavy atom. The third-order valence-corrected chi connectivity index (χ3v) is 4.67. The fraction of sp³-hybridized carbons (Fsp3) is 0.300. The highest BCUT2D eigenvalue weighted by Crippen LogP contribution is 2.19. The number of anilines is 4. The van der Waals surface area contributed by atoms with Gasteiger partial charge in [-0.25, -0.2) is 15.0 Å². The van der Waals surface area contributed by atoms with Crippen LogP contribution in [-0.2, 0) is 6.42 Å². The molecule has 0 spiro atoms. The normalized spacial score (nSPS) is 14.3. The third-order valence-electron chi connectivity index (χ3n) is 4.67. The van der Waals surface area contributed by atoms with Gasteiger partial charge in [0.2, 0.25) is 11.9 Å². The van der Waals surface area contributed by atoms with Crippen molar-refractivity contribution in [2.24, 2.45) is 0 Å². The molecule has 0 atom stereocenters. The second-order valence-corrected chi connectivity index (χ2v) is 6.44. The Bertz CT molecular complexity index is 859. The van der Waals surface area contributed by atoms with Gasteiger partial charge >= 0.3 is 0 Å². The van der Waals surface area contributed by atoms with E-state index >= 15 is 0 Å². The summed E-state index contributed by atoms with van der Waals surface area (Å²) in [5, 5.41) is 3.36. The van der Waals surface area contributed by atoms with Gasteiger partial charge in [-0.05, 0) is 36.2 Å². The summed E-state index contributed by atoms with van der Waals surface area (Å²) >= 11 is 0. The van der Waals surface area contributed by atoms with Crippen molar-refractivity contribution in [1.82, 2.24) is 19.9 Å². The van der Waals surface area contributed by atoms with E-state index in [1.54, 1.807) is 18.6 Å². The summed E-state index contributed by atoms with van der Waals surface area (Å²) in [4.78, 5) is 22.2. The molecule has 0 amide bonds. The summed E-state index contributed by atoms with van der Waals surface area (Å²) in [6.07, 6.45) is 6.40. The smallest absolute Gasteiger partial charge is 0.227 e. The average molecular weight is 361 g/mol. The zero-order valence-electron chi connectivity index (χ0n) is 15.4. The monoisotopic (exact) mass is 361 g/mol. The lowest BCUT2D eigenvalue weighted by Crippen LogP contribution is -2.47. The molecule has 7 heteroatoms. The van der Waals surface area contributed by atoms with E-state index in [4.69, 9.17) is 0 Å². The molecule has 7 nitrogen and oxygen atoms in total. The number of hydrogen-bond donors (Lipinski definition) is 1. The van der Waals surface area contributed by atoms with Gasteiger partial charge in [0.15, 0.2) is 0 Å². The SMILES string of the molecule is CCc1ccc(Nc2ccnc(N3CCN(c4ncccn4)CC3)n2)cc1. The minimum absolute atomic E-state index is 0.749. The summed E-state index contributed by atoms with van der Waals surface area (Å²) < 4.78 is 0. The van der Waals surface area contributed by atoms with Crippen molar-refractivity contribution in [2.75, 3.05) is 41.3 Å². The van der Waals surface area contributed by atoms with E-state index in [1.165, 1.54) is 5.56 Å². The predicted molar refractivity (Wildman–Crippen MR) is 108 cm³/mol. The second kappa shape index (κ2) is 7.99. The van der Waals surface area contributed by atoms with Gasteiger partial charge in [0, 0.05) is 50.5 Å². The number of nitrogens with zero attached hydrogens (tertiary/aromatic N) is 6. The first-order valence-electron chi connectivity index (χ1n) is 9.28. The Hall–Kier alpha value is -3.22. The summed E-state index contributed by atoms with van der Waals surface area (Å²) in [6.45, 7) is 5.54. The van der Waals surface area contributed by atoms with Crippen LogP contribution in [-0.4, -0.2) is 46.1 Å². The van der Waals surface area contributed by atoms with Gasteiger partial charge in [0.05, 0.1) is 0 Å². The van der Waals surface area contributed by atoms with Crippen molar-refractivity contribution in [2.45, 2.75) is 13.3 Å².